The largest absolute Gasteiger partial charge is 0.478 e. The first kappa shape index (κ1) is 11.9. The molecule has 0 unspecified atom stereocenters. The van der Waals surface area contributed by atoms with Crippen LogP contribution in [0.1, 0.15) is 36.0 Å². The van der Waals surface area contributed by atoms with E-state index in [0.29, 0.717) is 12.0 Å². The number of rotatable bonds is 3. The van der Waals surface area contributed by atoms with Crippen molar-refractivity contribution >= 4 is 22.8 Å². The van der Waals surface area contributed by atoms with E-state index in [-0.39, 0.29) is 5.56 Å². The Labute approximate surface area is 110 Å². The van der Waals surface area contributed by atoms with Gasteiger partial charge in [0.05, 0.1) is 11.1 Å². The van der Waals surface area contributed by atoms with Crippen LogP contribution in [0.25, 0.3) is 10.9 Å². The topological polar surface area (TPSA) is 75.1 Å². The summed E-state index contributed by atoms with van der Waals surface area (Å²) in [6.45, 7) is 0. The van der Waals surface area contributed by atoms with E-state index in [1.54, 1.807) is 24.4 Å². The van der Waals surface area contributed by atoms with Crippen molar-refractivity contribution in [1.82, 2.24) is 9.97 Å². The summed E-state index contributed by atoms with van der Waals surface area (Å²) in [5, 5.41) is 13.0. The Kier molecular flexibility index (Phi) is 3.03. The van der Waals surface area contributed by atoms with E-state index in [1.807, 2.05) is 0 Å². The Morgan fingerprint density at radius 3 is 2.84 bits per heavy atom. The fourth-order valence-corrected chi connectivity index (χ4v) is 2.49. The molecule has 2 aromatic rings. The third-order valence-corrected chi connectivity index (χ3v) is 3.52. The molecule has 0 atom stereocenters. The quantitative estimate of drug-likeness (QED) is 0.884. The molecule has 0 bridgehead atoms. The molecule has 1 aromatic carbocycles. The van der Waals surface area contributed by atoms with E-state index < -0.39 is 5.97 Å². The Hall–Kier alpha value is -2.17. The molecule has 0 spiro atoms. The number of carbonyl (C=O) groups is 1. The highest BCUT2D eigenvalue weighted by Gasteiger charge is 2.15. The summed E-state index contributed by atoms with van der Waals surface area (Å²) in [6, 6.07) is 5.35. The van der Waals surface area contributed by atoms with Crippen molar-refractivity contribution in [1.29, 1.82) is 0 Å². The van der Waals surface area contributed by atoms with Crippen LogP contribution >= 0.6 is 0 Å². The Morgan fingerprint density at radius 2 is 2.11 bits per heavy atom. The van der Waals surface area contributed by atoms with Gasteiger partial charge in [0.1, 0.15) is 0 Å². The van der Waals surface area contributed by atoms with Crippen molar-refractivity contribution in [2.45, 2.75) is 31.7 Å². The van der Waals surface area contributed by atoms with Crippen LogP contribution in [0.15, 0.2) is 24.4 Å². The van der Waals surface area contributed by atoms with Crippen molar-refractivity contribution in [3.8, 4) is 0 Å². The average molecular weight is 257 g/mol. The van der Waals surface area contributed by atoms with Crippen LogP contribution in [-0.2, 0) is 0 Å². The molecule has 1 aliphatic carbocycles. The number of hydrogen-bond acceptors (Lipinski definition) is 4. The van der Waals surface area contributed by atoms with Gasteiger partial charge in [0.15, 0.2) is 0 Å². The van der Waals surface area contributed by atoms with Crippen LogP contribution in [0.2, 0.25) is 0 Å². The number of hydrogen-bond donors (Lipinski definition) is 2. The second kappa shape index (κ2) is 4.84. The number of carboxylic acid groups (broad SMARTS) is 1. The molecule has 1 aromatic heterocycles. The van der Waals surface area contributed by atoms with Crippen molar-refractivity contribution in [3.05, 3.63) is 30.0 Å². The Bertz CT molecular complexity index is 621. The van der Waals surface area contributed by atoms with Crippen molar-refractivity contribution in [2.24, 2.45) is 0 Å². The van der Waals surface area contributed by atoms with Crippen LogP contribution in [0.3, 0.4) is 0 Å². The number of benzene rings is 1. The predicted molar refractivity (Wildman–Crippen MR) is 72.4 cm³/mol. The minimum absolute atomic E-state index is 0.257. The maximum atomic E-state index is 10.9. The van der Waals surface area contributed by atoms with Crippen molar-refractivity contribution in [2.75, 3.05) is 5.32 Å². The first-order chi connectivity index (χ1) is 9.22. The van der Waals surface area contributed by atoms with E-state index in [2.05, 4.69) is 15.3 Å². The van der Waals surface area contributed by atoms with Crippen molar-refractivity contribution < 1.29 is 9.90 Å². The van der Waals surface area contributed by atoms with Crippen LogP contribution in [0, 0.1) is 0 Å². The Morgan fingerprint density at radius 1 is 1.32 bits per heavy atom. The highest BCUT2D eigenvalue weighted by atomic mass is 16.4. The van der Waals surface area contributed by atoms with Gasteiger partial charge >= 0.3 is 5.97 Å². The van der Waals surface area contributed by atoms with E-state index in [4.69, 9.17) is 5.11 Å². The van der Waals surface area contributed by atoms with Gasteiger partial charge in [0, 0.05) is 17.6 Å². The van der Waals surface area contributed by atoms with Gasteiger partial charge in [-0.2, -0.15) is 0 Å². The number of nitrogens with zero attached hydrogens (tertiary/aromatic N) is 2. The van der Waals surface area contributed by atoms with E-state index in [9.17, 15) is 4.79 Å². The maximum absolute atomic E-state index is 10.9. The zero-order valence-corrected chi connectivity index (χ0v) is 10.5. The van der Waals surface area contributed by atoms with Gasteiger partial charge in [-0.1, -0.05) is 12.8 Å². The van der Waals surface area contributed by atoms with Crippen LogP contribution < -0.4 is 5.32 Å². The lowest BCUT2D eigenvalue weighted by Gasteiger charge is -2.11. The summed E-state index contributed by atoms with van der Waals surface area (Å²) >= 11 is 0. The molecule has 1 fully saturated rings. The molecule has 3 rings (SSSR count). The zero-order chi connectivity index (χ0) is 13.2. The second-order valence-electron chi connectivity index (χ2n) is 4.90. The fourth-order valence-electron chi connectivity index (χ4n) is 2.49. The van der Waals surface area contributed by atoms with Gasteiger partial charge in [-0.15, -0.1) is 0 Å². The third-order valence-electron chi connectivity index (χ3n) is 3.52. The molecular formula is C14H15N3O2. The van der Waals surface area contributed by atoms with Gasteiger partial charge in [0.2, 0.25) is 5.95 Å². The average Bonchev–Trinajstić information content (AvgIpc) is 2.91. The monoisotopic (exact) mass is 257 g/mol. The summed E-state index contributed by atoms with van der Waals surface area (Å²) in [5.74, 6) is -0.308. The highest BCUT2D eigenvalue weighted by molar-refractivity contribution is 5.93. The SMILES string of the molecule is O=C(O)c1ccc2nc(NC3CCCC3)ncc2c1. The van der Waals surface area contributed by atoms with Gasteiger partial charge < -0.3 is 10.4 Å². The molecule has 2 N–H and O–H groups in total. The normalized spacial score (nSPS) is 15.8. The molecule has 98 valence electrons. The standard InChI is InChI=1S/C14H15N3O2/c18-13(19)9-5-6-12-10(7-9)8-15-14(17-12)16-11-3-1-2-4-11/h5-8,11H,1-4H2,(H,18,19)(H,15,16,17). The fraction of sp³-hybridized carbons (Fsp3) is 0.357. The summed E-state index contributed by atoms with van der Waals surface area (Å²) in [7, 11) is 0. The number of aromatic nitrogens is 2. The molecule has 1 saturated carbocycles. The number of anilines is 1. The van der Waals surface area contributed by atoms with Crippen LogP contribution in [0.5, 0.6) is 0 Å². The van der Waals surface area contributed by atoms with Crippen LogP contribution in [0.4, 0.5) is 5.95 Å². The lowest BCUT2D eigenvalue weighted by molar-refractivity contribution is 0.0697. The van der Waals surface area contributed by atoms with E-state index >= 15 is 0 Å². The van der Waals surface area contributed by atoms with Gasteiger partial charge in [-0.25, -0.2) is 14.8 Å². The molecule has 5 heteroatoms. The number of nitrogens with one attached hydrogen (secondary N) is 1. The number of aromatic carboxylic acids is 1. The molecule has 5 nitrogen and oxygen atoms in total. The molecular weight excluding hydrogens is 242 g/mol. The molecule has 0 aliphatic heterocycles. The Balaban J connectivity index is 1.88. The first-order valence-electron chi connectivity index (χ1n) is 6.49. The summed E-state index contributed by atoms with van der Waals surface area (Å²) in [4.78, 5) is 19.6. The molecule has 0 radical (unpaired) electrons. The minimum atomic E-state index is -0.935. The van der Waals surface area contributed by atoms with Crippen molar-refractivity contribution in [3.63, 3.8) is 0 Å². The lowest BCUT2D eigenvalue weighted by atomic mass is 10.1. The van der Waals surface area contributed by atoms with Gasteiger partial charge in [0.25, 0.3) is 0 Å². The molecule has 1 aliphatic rings. The van der Waals surface area contributed by atoms with Crippen LogP contribution in [-0.4, -0.2) is 27.1 Å². The minimum Gasteiger partial charge on any atom is -0.478 e. The van der Waals surface area contributed by atoms with Gasteiger partial charge in [-0.05, 0) is 31.0 Å². The summed E-state index contributed by atoms with van der Waals surface area (Å²) < 4.78 is 0. The van der Waals surface area contributed by atoms with E-state index in [0.717, 1.165) is 10.9 Å². The van der Waals surface area contributed by atoms with Gasteiger partial charge in [-0.3, -0.25) is 0 Å². The summed E-state index contributed by atoms with van der Waals surface area (Å²) in [5.41, 5.74) is 1.02. The lowest BCUT2D eigenvalue weighted by Crippen LogP contribution is -2.16. The molecule has 0 amide bonds. The third kappa shape index (κ3) is 2.50. The first-order valence-corrected chi connectivity index (χ1v) is 6.49. The maximum Gasteiger partial charge on any atom is 0.335 e. The predicted octanol–water partition coefficient (Wildman–Crippen LogP) is 2.68. The zero-order valence-electron chi connectivity index (χ0n) is 10.5. The van der Waals surface area contributed by atoms with E-state index in [1.165, 1.54) is 25.7 Å². The number of carboxylic acids is 1. The molecule has 1 heterocycles. The second-order valence-corrected chi connectivity index (χ2v) is 4.90. The number of fused-ring (bicyclic) bond motifs is 1. The smallest absolute Gasteiger partial charge is 0.335 e. The molecule has 19 heavy (non-hydrogen) atoms. The highest BCUT2D eigenvalue weighted by Crippen LogP contribution is 2.21. The summed E-state index contributed by atoms with van der Waals surface area (Å²) in [6.07, 6.45) is 6.52. The molecule has 0 saturated heterocycles.